The summed E-state index contributed by atoms with van der Waals surface area (Å²) in [4.78, 5) is 0. The molecule has 0 aromatic rings. The van der Waals surface area contributed by atoms with E-state index >= 15 is 0 Å². The third kappa shape index (κ3) is 3.06. The van der Waals surface area contributed by atoms with Gasteiger partial charge in [0.25, 0.3) is 0 Å². The van der Waals surface area contributed by atoms with Crippen LogP contribution in [0.15, 0.2) is 44.6 Å². The second kappa shape index (κ2) is 8.16. The molecule has 0 heterocycles. The van der Waals surface area contributed by atoms with E-state index in [0.717, 1.165) is 60.3 Å². The van der Waals surface area contributed by atoms with Gasteiger partial charge < -0.3 is 0 Å². The molecule has 9 atom stereocenters. The summed E-state index contributed by atoms with van der Waals surface area (Å²) in [6.45, 7) is 0. The summed E-state index contributed by atoms with van der Waals surface area (Å²) in [6.07, 6.45) is 16.3. The average molecular weight is 521 g/mol. The normalized spacial score (nSPS) is 45.4. The highest BCUT2D eigenvalue weighted by atomic mass is 19.4. The van der Waals surface area contributed by atoms with Crippen molar-refractivity contribution in [2.24, 2.45) is 53.3 Å². The molecule has 0 amide bonds. The number of fused-ring (bicyclic) bond motifs is 8. The van der Waals surface area contributed by atoms with Gasteiger partial charge in [-0.3, -0.25) is 0 Å². The zero-order valence-electron chi connectivity index (χ0n) is 22.9. The summed E-state index contributed by atoms with van der Waals surface area (Å²) in [5.41, 5.74) is 13.2. The Morgan fingerprint density at radius 2 is 1.13 bits per heavy atom. The maximum Gasteiger partial charge on any atom is 0.395 e. The minimum absolute atomic E-state index is 0.341. The van der Waals surface area contributed by atoms with Gasteiger partial charge in [0, 0.05) is 23.7 Å². The van der Waals surface area contributed by atoms with Gasteiger partial charge in [-0.25, -0.2) is 0 Å². The van der Waals surface area contributed by atoms with Gasteiger partial charge in [-0.05, 0) is 133 Å². The zero-order valence-corrected chi connectivity index (χ0v) is 22.9. The van der Waals surface area contributed by atoms with Crippen LogP contribution in [0.5, 0.6) is 0 Å². The Morgan fingerprint density at radius 1 is 0.500 bits per heavy atom. The molecule has 204 valence electrons. The van der Waals surface area contributed by atoms with Crippen LogP contribution in [0.25, 0.3) is 0 Å². The molecule has 0 spiro atoms. The number of hydrogen-bond acceptors (Lipinski definition) is 0. The number of alkyl halides is 3. The topological polar surface area (TPSA) is 0 Å². The molecule has 0 aromatic heterocycles. The largest absolute Gasteiger partial charge is 0.395 e. The molecule has 38 heavy (non-hydrogen) atoms. The summed E-state index contributed by atoms with van der Waals surface area (Å²) < 4.78 is 42.2. The Balaban J connectivity index is 1.08. The van der Waals surface area contributed by atoms with Gasteiger partial charge in [-0.1, -0.05) is 44.6 Å². The van der Waals surface area contributed by atoms with E-state index in [1.165, 1.54) is 82.6 Å². The van der Waals surface area contributed by atoms with Crippen LogP contribution in [0, 0.1) is 53.3 Å². The fourth-order valence-electron chi connectivity index (χ4n) is 12.7. The minimum Gasteiger partial charge on any atom is -0.170 e. The van der Waals surface area contributed by atoms with Crippen molar-refractivity contribution in [1.29, 1.82) is 0 Å². The monoisotopic (exact) mass is 520 g/mol. The second-order valence-electron chi connectivity index (χ2n) is 14.9. The van der Waals surface area contributed by atoms with E-state index in [1.54, 1.807) is 11.1 Å². The Bertz CT molecular complexity index is 1210. The Labute approximate surface area is 226 Å². The van der Waals surface area contributed by atoms with Gasteiger partial charge in [0.2, 0.25) is 0 Å². The lowest BCUT2D eigenvalue weighted by Crippen LogP contribution is -2.43. The highest BCUT2D eigenvalue weighted by molar-refractivity contribution is 5.50. The highest BCUT2D eigenvalue weighted by Crippen LogP contribution is 2.67. The second-order valence-corrected chi connectivity index (χ2v) is 14.9. The van der Waals surface area contributed by atoms with Crippen molar-refractivity contribution in [1.82, 2.24) is 0 Å². The molecule has 0 saturated heterocycles. The molecule has 0 radical (unpaired) electrons. The van der Waals surface area contributed by atoms with Crippen LogP contribution in [0.1, 0.15) is 109 Å². The van der Waals surface area contributed by atoms with Crippen molar-refractivity contribution in [2.75, 3.05) is 0 Å². The molecule has 9 aliphatic carbocycles. The van der Waals surface area contributed by atoms with Gasteiger partial charge in [0.1, 0.15) is 0 Å². The lowest BCUT2D eigenvalue weighted by Gasteiger charge is -2.52. The van der Waals surface area contributed by atoms with Gasteiger partial charge in [0.05, 0.1) is 5.92 Å². The standard InChI is InChI=1S/C35H43F3/c36-35(37,38)32-14-13-25-30-16-27-18(15-28(30)24-9-4-10-26(32)33(24)25)11-12-21-23-8-3-7-22-19-5-1-2-6-20(19)31(34(22)23)17-29(21)27/h18,21-22,24-25,27,29,31-32H,1-17H2. The van der Waals surface area contributed by atoms with E-state index in [1.807, 2.05) is 22.3 Å². The van der Waals surface area contributed by atoms with Crippen LogP contribution >= 0.6 is 0 Å². The van der Waals surface area contributed by atoms with Crippen molar-refractivity contribution in [2.45, 2.75) is 115 Å². The molecule has 0 nitrogen and oxygen atoms in total. The van der Waals surface area contributed by atoms with E-state index in [-0.39, 0.29) is 0 Å². The van der Waals surface area contributed by atoms with E-state index < -0.39 is 12.1 Å². The van der Waals surface area contributed by atoms with Crippen molar-refractivity contribution in [3.05, 3.63) is 44.6 Å². The van der Waals surface area contributed by atoms with Crippen LogP contribution in [-0.2, 0) is 0 Å². The quantitative estimate of drug-likeness (QED) is 0.279. The molecule has 1 saturated carbocycles. The van der Waals surface area contributed by atoms with Gasteiger partial charge in [-0.15, -0.1) is 0 Å². The van der Waals surface area contributed by atoms with E-state index in [9.17, 15) is 13.2 Å². The maximum atomic E-state index is 14.1. The fourth-order valence-corrected chi connectivity index (χ4v) is 12.7. The average Bonchev–Trinajstić information content (AvgIpc) is 3.42. The number of allylic oxidation sites excluding steroid dienone is 8. The van der Waals surface area contributed by atoms with Gasteiger partial charge >= 0.3 is 6.18 Å². The lowest BCUT2D eigenvalue weighted by molar-refractivity contribution is -0.168. The van der Waals surface area contributed by atoms with E-state index in [2.05, 4.69) is 0 Å². The van der Waals surface area contributed by atoms with E-state index in [0.29, 0.717) is 24.7 Å². The molecular formula is C35H43F3. The summed E-state index contributed by atoms with van der Waals surface area (Å²) >= 11 is 0. The molecule has 0 N–H and O–H groups in total. The number of hydrogen-bond donors (Lipinski definition) is 0. The number of rotatable bonds is 0. The predicted octanol–water partition coefficient (Wildman–Crippen LogP) is 10.0. The van der Waals surface area contributed by atoms with Crippen LogP contribution in [0.2, 0.25) is 0 Å². The molecule has 9 aliphatic rings. The summed E-state index contributed by atoms with van der Waals surface area (Å²) in [7, 11) is 0. The first kappa shape index (κ1) is 23.5. The molecule has 1 fully saturated rings. The minimum atomic E-state index is -4.06. The number of halogens is 3. The highest BCUT2D eigenvalue weighted by Gasteiger charge is 2.56. The first-order valence-electron chi connectivity index (χ1n) is 16.4. The fraction of sp³-hybridized carbons (Fsp3) is 0.771. The van der Waals surface area contributed by atoms with Crippen molar-refractivity contribution in [3.8, 4) is 0 Å². The maximum absolute atomic E-state index is 14.1. The van der Waals surface area contributed by atoms with Crippen LogP contribution in [-0.4, -0.2) is 6.18 Å². The Kier molecular flexibility index (Phi) is 5.03. The van der Waals surface area contributed by atoms with Crippen LogP contribution in [0.4, 0.5) is 13.2 Å². The molecule has 9 unspecified atom stereocenters. The summed E-state index contributed by atoms with van der Waals surface area (Å²) in [5.74, 6) is 4.47. The van der Waals surface area contributed by atoms with Gasteiger partial charge in [0.15, 0.2) is 0 Å². The first-order chi connectivity index (χ1) is 18.5. The first-order valence-corrected chi connectivity index (χ1v) is 16.4. The molecule has 0 aliphatic heterocycles. The molecular weight excluding hydrogens is 477 g/mol. The summed E-state index contributed by atoms with van der Waals surface area (Å²) in [6, 6.07) is 0. The molecule has 9 rings (SSSR count). The Hall–Kier alpha value is -1.25. The molecule has 0 aromatic carbocycles. The third-order valence-electron chi connectivity index (χ3n) is 13.7. The van der Waals surface area contributed by atoms with Crippen LogP contribution in [0.3, 0.4) is 0 Å². The summed E-state index contributed by atoms with van der Waals surface area (Å²) in [5, 5.41) is 0. The van der Waals surface area contributed by atoms with E-state index in [4.69, 9.17) is 0 Å². The smallest absolute Gasteiger partial charge is 0.170 e. The third-order valence-corrected chi connectivity index (χ3v) is 13.7. The molecule has 3 heteroatoms. The SMILES string of the molecule is FC(F)(F)C1CCC2C3=C(CC4CCC5C6=C7C(CCC6)C6=C(CCCC6)C7CC5C4C3)C3CCCC1=C32. The Morgan fingerprint density at radius 3 is 1.92 bits per heavy atom. The van der Waals surface area contributed by atoms with Gasteiger partial charge in [-0.2, -0.15) is 13.2 Å². The van der Waals surface area contributed by atoms with Crippen molar-refractivity contribution < 1.29 is 13.2 Å². The molecule has 0 bridgehead atoms. The van der Waals surface area contributed by atoms with Crippen LogP contribution < -0.4 is 0 Å². The van der Waals surface area contributed by atoms with Crippen molar-refractivity contribution >= 4 is 0 Å². The van der Waals surface area contributed by atoms with Crippen molar-refractivity contribution in [3.63, 3.8) is 0 Å². The lowest BCUT2D eigenvalue weighted by atomic mass is 9.52. The predicted molar refractivity (Wildman–Crippen MR) is 144 cm³/mol. The zero-order chi connectivity index (χ0) is 25.3.